The van der Waals surface area contributed by atoms with E-state index in [9.17, 15) is 18.0 Å². The van der Waals surface area contributed by atoms with Gasteiger partial charge in [0.1, 0.15) is 5.76 Å². The number of halogens is 3. The summed E-state index contributed by atoms with van der Waals surface area (Å²) >= 11 is 0. The summed E-state index contributed by atoms with van der Waals surface area (Å²) in [5, 5.41) is 11.2. The molecule has 4 heterocycles. The topological polar surface area (TPSA) is 96.1 Å². The van der Waals surface area contributed by atoms with E-state index in [1.54, 1.807) is 0 Å². The lowest BCUT2D eigenvalue weighted by molar-refractivity contribution is -0.192. The molecule has 168 valence electrons. The molecule has 1 N–H and O–H groups in total. The number of amides is 1. The zero-order chi connectivity index (χ0) is 21.9. The van der Waals surface area contributed by atoms with Crippen LogP contribution in [0.25, 0.3) is 0 Å². The fraction of sp³-hybridized carbons (Fsp3) is 0.737. The van der Waals surface area contributed by atoms with E-state index in [4.69, 9.17) is 19.2 Å². The SMILES string of the molecule is Cc1cc(CN2CC[C@@]3(C[C@@H](N4CCCC4=O)CCO3)C2)no1.O=C(O)C(F)(F)F. The maximum atomic E-state index is 12.0. The summed E-state index contributed by atoms with van der Waals surface area (Å²) in [7, 11) is 0. The van der Waals surface area contributed by atoms with Crippen LogP contribution in [0.15, 0.2) is 10.6 Å². The molecule has 3 aliphatic rings. The van der Waals surface area contributed by atoms with E-state index < -0.39 is 12.1 Å². The van der Waals surface area contributed by atoms with Gasteiger partial charge in [-0.15, -0.1) is 0 Å². The van der Waals surface area contributed by atoms with E-state index >= 15 is 0 Å². The molecule has 30 heavy (non-hydrogen) atoms. The van der Waals surface area contributed by atoms with Gasteiger partial charge in [0, 0.05) is 51.3 Å². The number of hydrogen-bond acceptors (Lipinski definition) is 6. The second kappa shape index (κ2) is 8.93. The van der Waals surface area contributed by atoms with E-state index in [0.29, 0.717) is 11.9 Å². The molecule has 1 aromatic rings. The monoisotopic (exact) mass is 433 g/mol. The van der Waals surface area contributed by atoms with E-state index in [1.807, 2.05) is 13.0 Å². The Hall–Kier alpha value is -2.14. The highest BCUT2D eigenvalue weighted by atomic mass is 19.4. The molecule has 8 nitrogen and oxygen atoms in total. The van der Waals surface area contributed by atoms with Gasteiger partial charge in [0.15, 0.2) is 0 Å². The second-order valence-corrected chi connectivity index (χ2v) is 8.06. The van der Waals surface area contributed by atoms with Crippen LogP contribution in [0.4, 0.5) is 13.2 Å². The zero-order valence-corrected chi connectivity index (χ0v) is 16.8. The number of nitrogens with zero attached hydrogens (tertiary/aromatic N) is 3. The third-order valence-corrected chi connectivity index (χ3v) is 5.72. The van der Waals surface area contributed by atoms with Gasteiger partial charge < -0.3 is 19.3 Å². The van der Waals surface area contributed by atoms with Crippen molar-refractivity contribution in [2.75, 3.05) is 26.2 Å². The Morgan fingerprint density at radius 2 is 2.13 bits per heavy atom. The predicted molar refractivity (Wildman–Crippen MR) is 97.5 cm³/mol. The molecule has 3 saturated heterocycles. The Morgan fingerprint density at radius 1 is 1.40 bits per heavy atom. The molecule has 0 unspecified atom stereocenters. The number of carboxylic acid groups (broad SMARTS) is 1. The van der Waals surface area contributed by atoms with Gasteiger partial charge in [-0.25, -0.2) is 4.79 Å². The van der Waals surface area contributed by atoms with Gasteiger partial charge in [-0.05, 0) is 32.6 Å². The fourth-order valence-corrected chi connectivity index (χ4v) is 4.39. The van der Waals surface area contributed by atoms with E-state index in [2.05, 4.69) is 15.0 Å². The number of aryl methyl sites for hydroxylation is 1. The molecule has 1 amide bonds. The second-order valence-electron chi connectivity index (χ2n) is 8.06. The summed E-state index contributed by atoms with van der Waals surface area (Å²) in [4.78, 5) is 25.4. The van der Waals surface area contributed by atoms with Gasteiger partial charge in [0.2, 0.25) is 5.91 Å². The number of carbonyl (C=O) groups is 2. The van der Waals surface area contributed by atoms with Crippen LogP contribution >= 0.6 is 0 Å². The quantitative estimate of drug-likeness (QED) is 0.782. The van der Waals surface area contributed by atoms with Crippen molar-refractivity contribution >= 4 is 11.9 Å². The summed E-state index contributed by atoms with van der Waals surface area (Å²) in [5.74, 6) is -1.57. The van der Waals surface area contributed by atoms with Gasteiger partial charge >= 0.3 is 12.1 Å². The maximum absolute atomic E-state index is 12.0. The number of alkyl halides is 3. The van der Waals surface area contributed by atoms with E-state index in [0.717, 1.165) is 76.3 Å². The maximum Gasteiger partial charge on any atom is 0.490 e. The number of aromatic nitrogens is 1. The lowest BCUT2D eigenvalue weighted by Gasteiger charge is -2.41. The smallest absolute Gasteiger partial charge is 0.475 e. The molecule has 4 rings (SSSR count). The van der Waals surface area contributed by atoms with Crippen LogP contribution in [-0.2, 0) is 20.9 Å². The van der Waals surface area contributed by atoms with Gasteiger partial charge in [0.25, 0.3) is 0 Å². The van der Waals surface area contributed by atoms with Crippen LogP contribution in [0.3, 0.4) is 0 Å². The molecule has 1 aromatic heterocycles. The predicted octanol–water partition coefficient (Wildman–Crippen LogP) is 2.36. The number of likely N-dealkylation sites (tertiary alicyclic amines) is 2. The van der Waals surface area contributed by atoms with Crippen molar-refractivity contribution in [3.63, 3.8) is 0 Å². The van der Waals surface area contributed by atoms with Crippen molar-refractivity contribution in [2.45, 2.75) is 63.4 Å². The largest absolute Gasteiger partial charge is 0.490 e. The third kappa shape index (κ3) is 5.51. The molecule has 1 spiro atoms. The Bertz CT molecular complexity index is 769. The lowest BCUT2D eigenvalue weighted by atomic mass is 9.89. The van der Waals surface area contributed by atoms with Crippen LogP contribution in [-0.4, -0.2) is 76.0 Å². The van der Waals surface area contributed by atoms with E-state index in [-0.39, 0.29) is 5.60 Å². The summed E-state index contributed by atoms with van der Waals surface area (Å²) in [6, 6.07) is 2.37. The Balaban J connectivity index is 0.000000318. The summed E-state index contributed by atoms with van der Waals surface area (Å²) in [6.07, 6.45) is -0.339. The van der Waals surface area contributed by atoms with Crippen molar-refractivity contribution in [3.05, 3.63) is 17.5 Å². The molecule has 3 aliphatic heterocycles. The van der Waals surface area contributed by atoms with Crippen LogP contribution in [0.2, 0.25) is 0 Å². The molecule has 0 aromatic carbocycles. The van der Waals surface area contributed by atoms with Gasteiger partial charge in [-0.1, -0.05) is 5.16 Å². The average molecular weight is 433 g/mol. The van der Waals surface area contributed by atoms with Crippen molar-refractivity contribution < 1.29 is 37.1 Å². The van der Waals surface area contributed by atoms with Crippen molar-refractivity contribution in [3.8, 4) is 0 Å². The number of rotatable bonds is 3. The van der Waals surface area contributed by atoms with Gasteiger partial charge in [-0.2, -0.15) is 13.2 Å². The first-order chi connectivity index (χ1) is 14.1. The van der Waals surface area contributed by atoms with Gasteiger partial charge in [0.05, 0.1) is 11.3 Å². The lowest BCUT2D eigenvalue weighted by Crippen LogP contribution is -2.50. The fourth-order valence-electron chi connectivity index (χ4n) is 4.39. The number of carboxylic acids is 1. The standard InChI is InChI=1S/C17H25N3O3.C2HF3O2/c1-13-9-14(18-23-13)11-19-7-5-17(12-19)10-15(4-8-22-17)20-6-2-3-16(20)21;3-2(4,5)1(6)7/h9,15H,2-8,10-12H2,1H3;(H,6,7)/t15-,17+;/m0./s1. The molecule has 0 aliphatic carbocycles. The minimum Gasteiger partial charge on any atom is -0.475 e. The molecule has 0 bridgehead atoms. The summed E-state index contributed by atoms with van der Waals surface area (Å²) in [6.45, 7) is 6.39. The minimum atomic E-state index is -5.08. The normalized spacial score (nSPS) is 27.4. The van der Waals surface area contributed by atoms with Gasteiger partial charge in [-0.3, -0.25) is 9.69 Å². The molecule has 2 atom stereocenters. The number of ether oxygens (including phenoxy) is 1. The molecular weight excluding hydrogens is 407 g/mol. The molecule has 0 radical (unpaired) electrons. The first-order valence-corrected chi connectivity index (χ1v) is 9.96. The van der Waals surface area contributed by atoms with Crippen molar-refractivity contribution in [1.82, 2.24) is 15.0 Å². The van der Waals surface area contributed by atoms with Crippen LogP contribution < -0.4 is 0 Å². The average Bonchev–Trinajstić information content (AvgIpc) is 3.37. The molecule has 3 fully saturated rings. The molecule has 0 saturated carbocycles. The summed E-state index contributed by atoms with van der Waals surface area (Å²) < 4.78 is 43.1. The number of hydrogen-bond donors (Lipinski definition) is 1. The first kappa shape index (κ1) is 22.5. The Labute approximate surface area is 171 Å². The van der Waals surface area contributed by atoms with Crippen LogP contribution in [0.1, 0.15) is 43.6 Å². The zero-order valence-electron chi connectivity index (χ0n) is 16.8. The van der Waals surface area contributed by atoms with E-state index in [1.165, 1.54) is 0 Å². The number of aliphatic carboxylic acids is 1. The van der Waals surface area contributed by atoms with Crippen molar-refractivity contribution in [2.24, 2.45) is 0 Å². The summed E-state index contributed by atoms with van der Waals surface area (Å²) in [5.41, 5.74) is 0.909. The Kier molecular flexibility index (Phi) is 6.71. The van der Waals surface area contributed by atoms with Crippen LogP contribution in [0.5, 0.6) is 0 Å². The highest BCUT2D eigenvalue weighted by Crippen LogP contribution is 2.37. The molecule has 11 heteroatoms. The number of carbonyl (C=O) groups excluding carboxylic acids is 1. The molecular formula is C19H26F3N3O5. The minimum absolute atomic E-state index is 0.0788. The highest BCUT2D eigenvalue weighted by molar-refractivity contribution is 5.78. The van der Waals surface area contributed by atoms with Crippen molar-refractivity contribution in [1.29, 1.82) is 0 Å². The van der Waals surface area contributed by atoms with Crippen LogP contribution in [0, 0.1) is 6.92 Å². The highest BCUT2D eigenvalue weighted by Gasteiger charge is 2.45. The first-order valence-electron chi connectivity index (χ1n) is 9.96. The third-order valence-electron chi connectivity index (χ3n) is 5.72. The Morgan fingerprint density at radius 3 is 2.70 bits per heavy atom.